The quantitative estimate of drug-likeness (QED) is 0.612. The Kier molecular flexibility index (Phi) is 7.60. The Morgan fingerprint density at radius 1 is 1.21 bits per heavy atom. The van der Waals surface area contributed by atoms with Crippen LogP contribution in [0.2, 0.25) is 0 Å². The average Bonchev–Trinajstić information content (AvgIpc) is 3.19. The number of aliphatic carboxylic acids is 1. The standard InChI is InChI=1S/C21H26N4O.C2HF3O2/c1-3-25-11-10-24(15-20(25)21-22-8-9-23(21)2)14-17-13-18(26)12-16-6-4-5-7-19(16)17;3-2(4,5)1(6)7/h4-9,12-13,20,26H,3,10-11,14-15H2,1-2H3;(H,6,7). The number of phenols is 1. The van der Waals surface area contributed by atoms with E-state index in [1.165, 1.54) is 10.9 Å². The predicted molar refractivity (Wildman–Crippen MR) is 118 cm³/mol. The van der Waals surface area contributed by atoms with Gasteiger partial charge in [-0.15, -0.1) is 0 Å². The number of carboxylic acids is 1. The highest BCUT2D eigenvalue weighted by atomic mass is 19.4. The molecule has 3 aromatic rings. The van der Waals surface area contributed by atoms with Gasteiger partial charge in [-0.2, -0.15) is 13.2 Å². The van der Waals surface area contributed by atoms with Gasteiger partial charge in [0.2, 0.25) is 0 Å². The SMILES string of the molecule is CCN1CCN(Cc2cc(O)cc3ccccc23)CC1c1nccn1C.O=C(O)C(F)(F)F. The molecule has 1 atom stereocenters. The molecule has 0 bridgehead atoms. The van der Waals surface area contributed by atoms with Crippen molar-refractivity contribution in [2.24, 2.45) is 7.05 Å². The molecule has 178 valence electrons. The molecule has 2 heterocycles. The molecular formula is C23H27F3N4O3. The van der Waals surface area contributed by atoms with Crippen LogP contribution in [0, 0.1) is 0 Å². The highest BCUT2D eigenvalue weighted by molar-refractivity contribution is 5.87. The van der Waals surface area contributed by atoms with Crippen molar-refractivity contribution in [3.8, 4) is 5.75 Å². The van der Waals surface area contributed by atoms with Crippen molar-refractivity contribution in [3.63, 3.8) is 0 Å². The van der Waals surface area contributed by atoms with Gasteiger partial charge in [0, 0.05) is 45.6 Å². The second-order valence-electron chi connectivity index (χ2n) is 7.90. The van der Waals surface area contributed by atoms with E-state index in [-0.39, 0.29) is 0 Å². The van der Waals surface area contributed by atoms with Crippen LogP contribution in [0.25, 0.3) is 10.8 Å². The summed E-state index contributed by atoms with van der Waals surface area (Å²) in [5.74, 6) is -1.30. The number of hydrogen-bond acceptors (Lipinski definition) is 5. The number of benzene rings is 2. The van der Waals surface area contributed by atoms with E-state index in [1.54, 1.807) is 0 Å². The highest BCUT2D eigenvalue weighted by Gasteiger charge is 2.38. The number of hydrogen-bond donors (Lipinski definition) is 2. The molecule has 2 N–H and O–H groups in total. The van der Waals surface area contributed by atoms with Crippen molar-refractivity contribution in [2.75, 3.05) is 26.2 Å². The largest absolute Gasteiger partial charge is 0.508 e. The molecule has 4 rings (SSSR count). The fourth-order valence-corrected chi connectivity index (χ4v) is 4.09. The zero-order valence-corrected chi connectivity index (χ0v) is 18.5. The van der Waals surface area contributed by atoms with Crippen LogP contribution >= 0.6 is 0 Å². The van der Waals surface area contributed by atoms with E-state index < -0.39 is 12.1 Å². The summed E-state index contributed by atoms with van der Waals surface area (Å²) in [7, 11) is 2.07. The molecule has 7 nitrogen and oxygen atoms in total. The van der Waals surface area contributed by atoms with Gasteiger partial charge in [-0.3, -0.25) is 9.80 Å². The van der Waals surface area contributed by atoms with Gasteiger partial charge in [0.1, 0.15) is 11.6 Å². The van der Waals surface area contributed by atoms with Crippen molar-refractivity contribution in [1.29, 1.82) is 0 Å². The summed E-state index contributed by atoms with van der Waals surface area (Å²) in [6.45, 7) is 7.09. The van der Waals surface area contributed by atoms with Gasteiger partial charge in [0.05, 0.1) is 6.04 Å². The molecule has 10 heteroatoms. The van der Waals surface area contributed by atoms with Crippen LogP contribution in [-0.2, 0) is 18.4 Å². The number of aromatic hydroxyl groups is 1. The van der Waals surface area contributed by atoms with E-state index in [1.807, 2.05) is 30.6 Å². The lowest BCUT2D eigenvalue weighted by atomic mass is 10.0. The van der Waals surface area contributed by atoms with Crippen molar-refractivity contribution in [2.45, 2.75) is 25.7 Å². The Morgan fingerprint density at radius 2 is 1.91 bits per heavy atom. The van der Waals surface area contributed by atoms with Gasteiger partial charge >= 0.3 is 12.1 Å². The summed E-state index contributed by atoms with van der Waals surface area (Å²) in [5.41, 5.74) is 1.18. The number of fused-ring (bicyclic) bond motifs is 1. The number of aromatic nitrogens is 2. The molecule has 1 unspecified atom stereocenters. The van der Waals surface area contributed by atoms with Crippen LogP contribution in [0.1, 0.15) is 24.4 Å². The van der Waals surface area contributed by atoms with Crippen LogP contribution in [-0.4, -0.2) is 67.9 Å². The average molecular weight is 464 g/mol. The predicted octanol–water partition coefficient (Wildman–Crippen LogP) is 3.79. The van der Waals surface area contributed by atoms with Gasteiger partial charge in [0.25, 0.3) is 0 Å². The van der Waals surface area contributed by atoms with Gasteiger partial charge < -0.3 is 14.8 Å². The van der Waals surface area contributed by atoms with Gasteiger partial charge in [0.15, 0.2) is 0 Å². The topological polar surface area (TPSA) is 81.8 Å². The monoisotopic (exact) mass is 464 g/mol. The maximum atomic E-state index is 10.6. The van der Waals surface area contributed by atoms with E-state index in [9.17, 15) is 18.3 Å². The summed E-state index contributed by atoms with van der Waals surface area (Å²) in [6, 6.07) is 12.3. The fraction of sp³-hybridized carbons (Fsp3) is 0.391. The van der Waals surface area contributed by atoms with E-state index in [4.69, 9.17) is 9.90 Å². The molecule has 33 heavy (non-hydrogen) atoms. The van der Waals surface area contributed by atoms with Crippen LogP contribution in [0.4, 0.5) is 13.2 Å². The number of imidazole rings is 1. The number of aryl methyl sites for hydroxylation is 1. The number of carboxylic acid groups (broad SMARTS) is 1. The van der Waals surface area contributed by atoms with E-state index in [0.29, 0.717) is 11.8 Å². The Morgan fingerprint density at radius 3 is 2.52 bits per heavy atom. The number of alkyl halides is 3. The van der Waals surface area contributed by atoms with Crippen molar-refractivity contribution in [1.82, 2.24) is 19.4 Å². The molecule has 0 amide bonds. The summed E-state index contributed by atoms with van der Waals surface area (Å²) in [5, 5.41) is 19.6. The van der Waals surface area contributed by atoms with Crippen LogP contribution in [0.15, 0.2) is 48.8 Å². The summed E-state index contributed by atoms with van der Waals surface area (Å²) < 4.78 is 33.9. The smallest absolute Gasteiger partial charge is 0.490 e. The van der Waals surface area contributed by atoms with Gasteiger partial charge in [-0.1, -0.05) is 31.2 Å². The highest BCUT2D eigenvalue weighted by Crippen LogP contribution is 2.29. The number of rotatable bonds is 4. The van der Waals surface area contributed by atoms with Crippen molar-refractivity contribution >= 4 is 16.7 Å². The zero-order chi connectivity index (χ0) is 24.2. The fourth-order valence-electron chi connectivity index (χ4n) is 4.09. The first kappa shape index (κ1) is 24.5. The minimum absolute atomic E-state index is 0.303. The lowest BCUT2D eigenvalue weighted by Gasteiger charge is -2.40. The third-order valence-corrected chi connectivity index (χ3v) is 5.71. The zero-order valence-electron chi connectivity index (χ0n) is 18.5. The molecule has 1 aromatic heterocycles. The number of halogens is 3. The second kappa shape index (κ2) is 10.2. The van der Waals surface area contributed by atoms with Crippen molar-refractivity contribution in [3.05, 3.63) is 60.2 Å². The normalized spacial score (nSPS) is 17.5. The summed E-state index contributed by atoms with van der Waals surface area (Å²) >= 11 is 0. The molecule has 0 saturated carbocycles. The minimum atomic E-state index is -5.08. The third kappa shape index (κ3) is 6.02. The first-order valence-electron chi connectivity index (χ1n) is 10.5. The van der Waals surface area contributed by atoms with Crippen LogP contribution in [0.3, 0.4) is 0 Å². The minimum Gasteiger partial charge on any atom is -0.508 e. The Bertz CT molecular complexity index is 1100. The maximum Gasteiger partial charge on any atom is 0.490 e. The van der Waals surface area contributed by atoms with Crippen LogP contribution in [0.5, 0.6) is 5.75 Å². The molecule has 1 aliphatic rings. The number of likely N-dealkylation sites (N-methyl/N-ethyl adjacent to an activating group) is 1. The number of piperazine rings is 1. The molecule has 0 radical (unpaired) electrons. The molecule has 0 aliphatic carbocycles. The molecule has 1 fully saturated rings. The third-order valence-electron chi connectivity index (χ3n) is 5.71. The molecule has 1 aliphatic heterocycles. The first-order valence-corrected chi connectivity index (χ1v) is 10.5. The summed E-state index contributed by atoms with van der Waals surface area (Å²) in [6.07, 6.45) is -1.18. The maximum absolute atomic E-state index is 10.6. The second-order valence-corrected chi connectivity index (χ2v) is 7.90. The lowest BCUT2D eigenvalue weighted by molar-refractivity contribution is -0.192. The molecular weight excluding hydrogens is 437 g/mol. The Hall–Kier alpha value is -3.11. The van der Waals surface area contributed by atoms with E-state index >= 15 is 0 Å². The van der Waals surface area contributed by atoms with Crippen LogP contribution < -0.4 is 0 Å². The number of carbonyl (C=O) groups is 1. The first-order chi connectivity index (χ1) is 15.6. The number of nitrogens with zero attached hydrogens (tertiary/aromatic N) is 4. The van der Waals surface area contributed by atoms with E-state index in [2.05, 4.69) is 51.5 Å². The molecule has 0 spiro atoms. The van der Waals surface area contributed by atoms with Crippen molar-refractivity contribution < 1.29 is 28.2 Å². The Balaban J connectivity index is 0.000000383. The molecule has 2 aromatic carbocycles. The Labute approximate surface area is 189 Å². The van der Waals surface area contributed by atoms with Gasteiger partial charge in [-0.25, -0.2) is 9.78 Å². The molecule has 1 saturated heterocycles. The lowest BCUT2D eigenvalue weighted by Crippen LogP contribution is -2.48. The van der Waals surface area contributed by atoms with E-state index in [0.717, 1.165) is 43.9 Å². The summed E-state index contributed by atoms with van der Waals surface area (Å²) in [4.78, 5) is 18.5. The van der Waals surface area contributed by atoms with Gasteiger partial charge in [-0.05, 0) is 35.0 Å². The number of phenolic OH excluding ortho intramolecular Hbond substituents is 1.